The van der Waals surface area contributed by atoms with Crippen molar-refractivity contribution in [1.29, 1.82) is 0 Å². The van der Waals surface area contributed by atoms with Crippen molar-refractivity contribution < 1.29 is 19.0 Å². The van der Waals surface area contributed by atoms with Crippen molar-refractivity contribution in [1.82, 2.24) is 0 Å². The molecule has 5 aromatic rings. The molecule has 0 amide bonds. The van der Waals surface area contributed by atoms with E-state index >= 15 is 0 Å². The van der Waals surface area contributed by atoms with Crippen LogP contribution in [-0.4, -0.2) is 20.2 Å². The lowest BCUT2D eigenvalue weighted by molar-refractivity contribution is 0.0600. The minimum atomic E-state index is -0.974. The third-order valence-corrected chi connectivity index (χ3v) is 8.91. The number of benzene rings is 5. The van der Waals surface area contributed by atoms with Gasteiger partial charge in [-0.2, -0.15) is 0 Å². The van der Waals surface area contributed by atoms with Crippen LogP contribution in [0.15, 0.2) is 97.1 Å². The van der Waals surface area contributed by atoms with Gasteiger partial charge in [-0.1, -0.05) is 86.7 Å². The molecule has 0 bridgehead atoms. The first-order valence-electron chi connectivity index (χ1n) is 14.2. The summed E-state index contributed by atoms with van der Waals surface area (Å²) in [6, 6.07) is 29.7. The first-order chi connectivity index (χ1) is 20.8. The van der Waals surface area contributed by atoms with Crippen LogP contribution in [0.1, 0.15) is 52.0 Å². The molecule has 0 spiro atoms. The van der Waals surface area contributed by atoms with Gasteiger partial charge in [-0.3, -0.25) is 0 Å². The summed E-state index contributed by atoms with van der Waals surface area (Å²) < 4.78 is 17.7. The summed E-state index contributed by atoms with van der Waals surface area (Å²) in [6.07, 6.45) is 4.30. The van der Waals surface area contributed by atoms with E-state index < -0.39 is 5.60 Å². The predicted molar refractivity (Wildman–Crippen MR) is 169 cm³/mol. The standard InChI is InChI=1S/C38H29NO4/c1-37(2)32-22-26(39-3)16-19-30(32)33-28-8-6-7-9-29(28)35-31(34(33)37)20-21-38(43-35,25-14-17-27(41-4)18-15-25)24-12-10-23(11-13-24)36(40)42-5/h6-22H,1-2,4-5H3. The molecule has 43 heavy (non-hydrogen) atoms. The van der Waals surface area contributed by atoms with Crippen molar-refractivity contribution in [2.45, 2.75) is 24.9 Å². The SMILES string of the molecule is [C-]#[N+]c1ccc2c(c1)C(C)(C)c1c3c(c4ccccc4c1-2)OC(c1ccc(OC)cc1)(c1ccc(C(=O)OC)cc1)C=C3. The lowest BCUT2D eigenvalue weighted by Gasteiger charge is -2.38. The second-order valence-electron chi connectivity index (χ2n) is 11.5. The van der Waals surface area contributed by atoms with Crippen molar-refractivity contribution >= 4 is 28.5 Å². The van der Waals surface area contributed by atoms with Gasteiger partial charge in [-0.05, 0) is 58.0 Å². The lowest BCUT2D eigenvalue weighted by Crippen LogP contribution is -2.35. The first kappa shape index (κ1) is 26.6. The van der Waals surface area contributed by atoms with Gasteiger partial charge in [0.15, 0.2) is 11.3 Å². The number of methoxy groups -OCH3 is 2. The molecule has 5 aromatic carbocycles. The number of fused-ring (bicyclic) bond motifs is 8. The molecule has 0 aromatic heterocycles. The van der Waals surface area contributed by atoms with Crippen molar-refractivity contribution in [3.8, 4) is 22.6 Å². The number of hydrogen-bond donors (Lipinski definition) is 0. The minimum Gasteiger partial charge on any atom is -0.497 e. The van der Waals surface area contributed by atoms with Crippen LogP contribution >= 0.6 is 0 Å². The van der Waals surface area contributed by atoms with Gasteiger partial charge in [-0.25, -0.2) is 9.64 Å². The van der Waals surface area contributed by atoms with E-state index in [1.54, 1.807) is 19.2 Å². The Balaban J connectivity index is 1.50. The second-order valence-corrected chi connectivity index (χ2v) is 11.5. The fourth-order valence-electron chi connectivity index (χ4n) is 6.78. The van der Waals surface area contributed by atoms with E-state index in [0.29, 0.717) is 11.3 Å². The van der Waals surface area contributed by atoms with Crippen LogP contribution in [0.25, 0.3) is 32.8 Å². The average molecular weight is 564 g/mol. The summed E-state index contributed by atoms with van der Waals surface area (Å²) in [5.74, 6) is 1.16. The molecular weight excluding hydrogens is 534 g/mol. The highest BCUT2D eigenvalue weighted by molar-refractivity contribution is 6.08. The maximum absolute atomic E-state index is 12.2. The van der Waals surface area contributed by atoms with Crippen molar-refractivity contribution in [3.05, 3.63) is 142 Å². The molecular formula is C38H29NO4. The Morgan fingerprint density at radius 1 is 0.860 bits per heavy atom. The van der Waals surface area contributed by atoms with Crippen LogP contribution in [0.2, 0.25) is 0 Å². The molecule has 1 aliphatic heterocycles. The fourth-order valence-corrected chi connectivity index (χ4v) is 6.78. The summed E-state index contributed by atoms with van der Waals surface area (Å²) in [5, 5.41) is 2.13. The van der Waals surface area contributed by atoms with Crippen LogP contribution in [-0.2, 0) is 15.8 Å². The summed E-state index contributed by atoms with van der Waals surface area (Å²) in [6.45, 7) is 12.1. The lowest BCUT2D eigenvalue weighted by atomic mass is 9.76. The molecule has 0 fully saturated rings. The maximum Gasteiger partial charge on any atom is 0.337 e. The van der Waals surface area contributed by atoms with Gasteiger partial charge in [0.1, 0.15) is 11.5 Å². The van der Waals surface area contributed by atoms with E-state index in [9.17, 15) is 4.79 Å². The number of nitrogens with zero attached hydrogens (tertiary/aromatic N) is 1. The summed E-state index contributed by atoms with van der Waals surface area (Å²) >= 11 is 0. The first-order valence-corrected chi connectivity index (χ1v) is 14.2. The normalized spacial score (nSPS) is 17.3. The largest absolute Gasteiger partial charge is 0.497 e. The molecule has 0 saturated heterocycles. The van der Waals surface area contributed by atoms with E-state index in [-0.39, 0.29) is 11.4 Å². The fraction of sp³-hybridized carbons (Fsp3) is 0.158. The Morgan fingerprint density at radius 2 is 1.53 bits per heavy atom. The summed E-state index contributed by atoms with van der Waals surface area (Å²) in [4.78, 5) is 16.0. The average Bonchev–Trinajstić information content (AvgIpc) is 3.30. The highest BCUT2D eigenvalue weighted by Crippen LogP contribution is 2.58. The molecule has 5 heteroatoms. The van der Waals surface area contributed by atoms with Crippen molar-refractivity contribution in [3.63, 3.8) is 0 Å². The molecule has 5 nitrogen and oxygen atoms in total. The predicted octanol–water partition coefficient (Wildman–Crippen LogP) is 8.84. The molecule has 2 aliphatic rings. The Hall–Kier alpha value is -5.34. The number of carbonyl (C=O) groups is 1. The Morgan fingerprint density at radius 3 is 2.19 bits per heavy atom. The minimum absolute atomic E-state index is 0.352. The number of esters is 1. The third-order valence-electron chi connectivity index (χ3n) is 8.91. The third kappa shape index (κ3) is 3.80. The zero-order chi connectivity index (χ0) is 29.9. The number of rotatable bonds is 4. The van der Waals surface area contributed by atoms with Crippen LogP contribution in [0, 0.1) is 6.57 Å². The second kappa shape index (κ2) is 9.61. The van der Waals surface area contributed by atoms with Gasteiger partial charge in [-0.15, -0.1) is 0 Å². The molecule has 1 atom stereocenters. The number of carbonyl (C=O) groups excluding carboxylic acids is 1. The van der Waals surface area contributed by atoms with Gasteiger partial charge in [0.05, 0.1) is 26.4 Å². The Kier molecular flexibility index (Phi) is 5.93. The van der Waals surface area contributed by atoms with Crippen molar-refractivity contribution in [2.24, 2.45) is 0 Å². The zero-order valence-electron chi connectivity index (χ0n) is 24.4. The summed E-state index contributed by atoms with van der Waals surface area (Å²) in [7, 11) is 3.03. The topological polar surface area (TPSA) is 49.1 Å². The van der Waals surface area contributed by atoms with Crippen molar-refractivity contribution in [2.75, 3.05) is 14.2 Å². The van der Waals surface area contributed by atoms with Crippen LogP contribution in [0.5, 0.6) is 11.5 Å². The molecule has 1 unspecified atom stereocenters. The number of hydrogen-bond acceptors (Lipinski definition) is 4. The maximum atomic E-state index is 12.2. The highest BCUT2D eigenvalue weighted by Gasteiger charge is 2.44. The van der Waals surface area contributed by atoms with Gasteiger partial charge in [0.25, 0.3) is 0 Å². The molecule has 1 heterocycles. The van der Waals surface area contributed by atoms with Crippen LogP contribution < -0.4 is 9.47 Å². The number of ether oxygens (including phenoxy) is 3. The molecule has 0 saturated carbocycles. The smallest absolute Gasteiger partial charge is 0.337 e. The quantitative estimate of drug-likeness (QED) is 0.162. The van der Waals surface area contributed by atoms with E-state index in [1.807, 2.05) is 54.6 Å². The molecule has 0 N–H and O–H groups in total. The molecule has 0 radical (unpaired) electrons. The van der Waals surface area contributed by atoms with Gasteiger partial charge < -0.3 is 14.2 Å². The van der Waals surface area contributed by atoms with E-state index in [2.05, 4.69) is 55.1 Å². The Labute approximate surface area is 250 Å². The molecule has 7 rings (SSSR count). The van der Waals surface area contributed by atoms with E-state index in [0.717, 1.165) is 50.1 Å². The Bertz CT molecular complexity index is 2010. The molecule has 1 aliphatic carbocycles. The monoisotopic (exact) mass is 563 g/mol. The van der Waals surface area contributed by atoms with E-state index in [1.165, 1.54) is 18.2 Å². The van der Waals surface area contributed by atoms with Crippen LogP contribution in [0.3, 0.4) is 0 Å². The zero-order valence-corrected chi connectivity index (χ0v) is 24.4. The molecule has 210 valence electrons. The highest BCUT2D eigenvalue weighted by atomic mass is 16.5. The van der Waals surface area contributed by atoms with Gasteiger partial charge >= 0.3 is 5.97 Å². The van der Waals surface area contributed by atoms with Crippen LogP contribution in [0.4, 0.5) is 5.69 Å². The summed E-state index contributed by atoms with van der Waals surface area (Å²) in [5.41, 5.74) is 7.31. The van der Waals surface area contributed by atoms with E-state index in [4.69, 9.17) is 20.8 Å². The van der Waals surface area contributed by atoms with Gasteiger partial charge in [0, 0.05) is 27.5 Å². The van der Waals surface area contributed by atoms with Gasteiger partial charge in [0.2, 0.25) is 0 Å².